The number of aromatic nitrogens is 2. The summed E-state index contributed by atoms with van der Waals surface area (Å²) in [5.41, 5.74) is 5.17. The van der Waals surface area contributed by atoms with Crippen molar-refractivity contribution in [2.45, 2.75) is 0 Å². The van der Waals surface area contributed by atoms with Crippen molar-refractivity contribution >= 4 is 49.7 Å². The van der Waals surface area contributed by atoms with Crippen molar-refractivity contribution in [2.24, 2.45) is 5.41 Å². The average molecular weight is 515 g/mol. The van der Waals surface area contributed by atoms with E-state index in [1.165, 1.54) is 18.2 Å². The third-order valence-electron chi connectivity index (χ3n) is 7.10. The van der Waals surface area contributed by atoms with Crippen LogP contribution in [0.5, 0.6) is 0 Å². The summed E-state index contributed by atoms with van der Waals surface area (Å²) in [6.07, 6.45) is 1.60. The fourth-order valence-corrected chi connectivity index (χ4v) is 5.76. The summed E-state index contributed by atoms with van der Waals surface area (Å²) in [5.74, 6) is -1.47. The van der Waals surface area contributed by atoms with Gasteiger partial charge in [0.2, 0.25) is 0 Å². The number of carbonyl (C=O) groups excluding carboxylic acids is 1. The molecule has 0 bridgehead atoms. The summed E-state index contributed by atoms with van der Waals surface area (Å²) in [7, 11) is 0. The molecule has 3 aromatic carbocycles. The van der Waals surface area contributed by atoms with Gasteiger partial charge in [0.15, 0.2) is 0 Å². The Morgan fingerprint density at radius 2 is 1.78 bits per heavy atom. The Morgan fingerprint density at radius 1 is 0.946 bits per heavy atom. The van der Waals surface area contributed by atoms with Gasteiger partial charge in [0.1, 0.15) is 11.6 Å². The number of amides is 1. The fraction of sp³-hybridized carbons (Fsp3) is 0.179. The highest BCUT2D eigenvalue weighted by Crippen LogP contribution is 2.39. The van der Waals surface area contributed by atoms with Crippen LogP contribution in [0.2, 0.25) is 0 Å². The van der Waals surface area contributed by atoms with E-state index in [-0.39, 0.29) is 28.0 Å². The zero-order valence-electron chi connectivity index (χ0n) is 19.5. The van der Waals surface area contributed by atoms with Gasteiger partial charge in [-0.3, -0.25) is 9.78 Å². The zero-order chi connectivity index (χ0) is 25.1. The van der Waals surface area contributed by atoms with Gasteiger partial charge in [-0.15, -0.1) is 11.3 Å². The van der Waals surface area contributed by atoms with Crippen molar-refractivity contribution in [3.05, 3.63) is 83.5 Å². The van der Waals surface area contributed by atoms with Crippen LogP contribution in [0, 0.1) is 17.0 Å². The number of pyridine rings is 1. The average Bonchev–Trinajstić information content (AvgIpc) is 3.30. The van der Waals surface area contributed by atoms with E-state index < -0.39 is 11.6 Å². The smallest absolute Gasteiger partial charge is 0.254 e. The molecule has 0 radical (unpaired) electrons. The maximum Gasteiger partial charge on any atom is 0.254 e. The molecule has 7 rings (SSSR count). The van der Waals surface area contributed by atoms with Crippen molar-refractivity contribution in [3.8, 4) is 11.1 Å². The molecule has 2 aliphatic rings. The Bertz CT molecular complexity index is 1710. The molecule has 0 aliphatic carbocycles. The van der Waals surface area contributed by atoms with E-state index >= 15 is 8.78 Å². The molecule has 1 spiro atoms. The first-order valence-corrected chi connectivity index (χ1v) is 12.7. The van der Waals surface area contributed by atoms with Gasteiger partial charge < -0.3 is 15.0 Å². The monoisotopic (exact) mass is 514 g/mol. The second-order valence-corrected chi connectivity index (χ2v) is 10.6. The fourth-order valence-electron chi connectivity index (χ4n) is 5.10. The quantitative estimate of drug-likeness (QED) is 0.318. The van der Waals surface area contributed by atoms with E-state index in [4.69, 9.17) is 4.74 Å². The number of ether oxygens (including phenoxy) is 1. The highest BCUT2D eigenvalue weighted by molar-refractivity contribution is 7.16. The SMILES string of the molecule is O=C(c1ccc(-c2cc3c(Nc4ccc5scnc5c4)ccnc3cc2F)c(F)c1)N1CC2(COC2)C1. The Morgan fingerprint density at radius 3 is 2.57 bits per heavy atom. The number of likely N-dealkylation sites (tertiary alicyclic amines) is 1. The number of fused-ring (bicyclic) bond motifs is 2. The van der Waals surface area contributed by atoms with Crippen LogP contribution in [-0.2, 0) is 4.74 Å². The van der Waals surface area contributed by atoms with E-state index in [9.17, 15) is 4.79 Å². The molecule has 0 saturated carbocycles. The molecule has 184 valence electrons. The highest BCUT2D eigenvalue weighted by atomic mass is 32.1. The summed E-state index contributed by atoms with van der Waals surface area (Å²) in [4.78, 5) is 23.1. The number of rotatable bonds is 4. The maximum absolute atomic E-state index is 15.3. The van der Waals surface area contributed by atoms with Crippen LogP contribution in [-0.4, -0.2) is 47.1 Å². The third-order valence-corrected chi connectivity index (χ3v) is 7.91. The maximum atomic E-state index is 15.3. The Balaban J connectivity index is 1.21. The summed E-state index contributed by atoms with van der Waals surface area (Å²) >= 11 is 1.56. The first-order chi connectivity index (χ1) is 18.0. The summed E-state index contributed by atoms with van der Waals surface area (Å²) in [6, 6.07) is 14.8. The van der Waals surface area contributed by atoms with E-state index in [1.807, 2.05) is 18.2 Å². The minimum atomic E-state index is -0.654. The lowest BCUT2D eigenvalue weighted by Crippen LogP contribution is -2.67. The van der Waals surface area contributed by atoms with Crippen LogP contribution in [0.4, 0.5) is 20.2 Å². The van der Waals surface area contributed by atoms with Crippen LogP contribution < -0.4 is 5.32 Å². The molecule has 37 heavy (non-hydrogen) atoms. The summed E-state index contributed by atoms with van der Waals surface area (Å²) in [6.45, 7) is 2.56. The first-order valence-electron chi connectivity index (χ1n) is 11.8. The molecule has 0 unspecified atom stereocenters. The number of nitrogens with one attached hydrogen (secondary N) is 1. The van der Waals surface area contributed by atoms with Crippen molar-refractivity contribution in [2.75, 3.05) is 31.6 Å². The molecule has 2 fully saturated rings. The van der Waals surface area contributed by atoms with Gasteiger partial charge in [-0.25, -0.2) is 13.8 Å². The van der Waals surface area contributed by atoms with Gasteiger partial charge in [-0.05, 0) is 42.5 Å². The van der Waals surface area contributed by atoms with Gasteiger partial charge in [-0.1, -0.05) is 6.07 Å². The van der Waals surface area contributed by atoms with Crippen LogP contribution >= 0.6 is 11.3 Å². The zero-order valence-corrected chi connectivity index (χ0v) is 20.3. The molecule has 1 N–H and O–H groups in total. The van der Waals surface area contributed by atoms with Crippen molar-refractivity contribution in [1.82, 2.24) is 14.9 Å². The van der Waals surface area contributed by atoms with Gasteiger partial charge >= 0.3 is 0 Å². The normalized spacial score (nSPS) is 16.1. The van der Waals surface area contributed by atoms with Gasteiger partial charge in [-0.2, -0.15) is 0 Å². The number of thiazole rings is 1. The topological polar surface area (TPSA) is 67.4 Å². The second kappa shape index (κ2) is 8.29. The lowest BCUT2D eigenvalue weighted by molar-refractivity contribution is -0.176. The van der Waals surface area contributed by atoms with Crippen molar-refractivity contribution in [1.29, 1.82) is 0 Å². The summed E-state index contributed by atoms with van der Waals surface area (Å²) in [5, 5.41) is 4.00. The predicted octanol–water partition coefficient (Wildman–Crippen LogP) is 6.01. The molecule has 2 aromatic heterocycles. The molecule has 4 heterocycles. The van der Waals surface area contributed by atoms with Crippen LogP contribution in [0.25, 0.3) is 32.2 Å². The molecule has 2 aliphatic heterocycles. The molecule has 1 amide bonds. The van der Waals surface area contributed by atoms with E-state index in [0.717, 1.165) is 15.9 Å². The number of benzene rings is 3. The number of hydrogen-bond acceptors (Lipinski definition) is 6. The van der Waals surface area contributed by atoms with Crippen molar-refractivity contribution < 1.29 is 18.3 Å². The first kappa shape index (κ1) is 22.3. The molecule has 9 heteroatoms. The van der Waals surface area contributed by atoms with Gasteiger partial charge in [0.25, 0.3) is 5.91 Å². The molecular weight excluding hydrogens is 494 g/mol. The minimum Gasteiger partial charge on any atom is -0.380 e. The van der Waals surface area contributed by atoms with Gasteiger partial charge in [0.05, 0.1) is 39.9 Å². The number of carbonyl (C=O) groups is 1. The third kappa shape index (κ3) is 3.73. The highest BCUT2D eigenvalue weighted by Gasteiger charge is 2.50. The predicted molar refractivity (Wildman–Crippen MR) is 139 cm³/mol. The van der Waals surface area contributed by atoms with E-state index in [2.05, 4.69) is 15.3 Å². The lowest BCUT2D eigenvalue weighted by Gasteiger charge is -2.54. The molecule has 6 nitrogen and oxygen atoms in total. The van der Waals surface area contributed by atoms with Crippen LogP contribution in [0.1, 0.15) is 10.4 Å². The molecular formula is C28H20F2N4O2S. The van der Waals surface area contributed by atoms with E-state index in [1.54, 1.807) is 46.1 Å². The number of anilines is 2. The Labute approximate surface area is 214 Å². The molecule has 0 atom stereocenters. The Hall–Kier alpha value is -3.95. The number of hydrogen-bond donors (Lipinski definition) is 1. The standard InChI is InChI=1S/C28H20F2N4O2S/c29-21-7-16(27(35)34-11-28(12-34)13-36-14-28)1-3-18(21)19-9-20-23(5-6-31-24(20)10-22(19)30)33-17-2-4-26-25(8-17)32-15-37-26/h1-10,15H,11-14H2,(H,31,33). The largest absolute Gasteiger partial charge is 0.380 e. The lowest BCUT2D eigenvalue weighted by atomic mass is 9.78. The summed E-state index contributed by atoms with van der Waals surface area (Å²) < 4.78 is 36.7. The van der Waals surface area contributed by atoms with Crippen LogP contribution in [0.15, 0.2) is 66.3 Å². The van der Waals surface area contributed by atoms with Gasteiger partial charge in [0, 0.05) is 58.8 Å². The van der Waals surface area contributed by atoms with Crippen molar-refractivity contribution in [3.63, 3.8) is 0 Å². The second-order valence-electron chi connectivity index (χ2n) is 9.72. The van der Waals surface area contributed by atoms with Crippen LogP contribution in [0.3, 0.4) is 0 Å². The Kier molecular flexibility index (Phi) is 4.99. The minimum absolute atomic E-state index is 0.0775. The number of nitrogens with zero attached hydrogens (tertiary/aromatic N) is 3. The number of halogens is 2. The van der Waals surface area contributed by atoms with E-state index in [0.29, 0.717) is 42.9 Å². The molecule has 5 aromatic rings. The molecule has 2 saturated heterocycles.